The van der Waals surface area contributed by atoms with Crippen LogP contribution in [0.4, 0.5) is 0 Å². The number of benzene rings is 10. The van der Waals surface area contributed by atoms with Crippen molar-refractivity contribution in [1.82, 2.24) is 0 Å². The molecule has 21 heteroatoms. The van der Waals surface area contributed by atoms with Crippen LogP contribution in [0.15, 0.2) is 297 Å². The van der Waals surface area contributed by atoms with E-state index in [0.29, 0.717) is 11.3 Å². The first-order chi connectivity index (χ1) is 53.6. The van der Waals surface area contributed by atoms with Crippen LogP contribution in [0.5, 0.6) is 11.5 Å². The summed E-state index contributed by atoms with van der Waals surface area (Å²) in [5.74, 6) is -2.51. The molecule has 0 saturated carbocycles. The van der Waals surface area contributed by atoms with Crippen molar-refractivity contribution < 1.29 is 99.7 Å². The van der Waals surface area contributed by atoms with E-state index in [-0.39, 0.29) is 61.0 Å². The maximum absolute atomic E-state index is 15.1. The molecule has 109 heavy (non-hydrogen) atoms. The van der Waals surface area contributed by atoms with Crippen LogP contribution in [0.2, 0.25) is 0 Å². The van der Waals surface area contributed by atoms with Gasteiger partial charge in [0.2, 0.25) is 6.29 Å². The Kier molecular flexibility index (Phi) is 25.7. The van der Waals surface area contributed by atoms with Crippen LogP contribution in [0.3, 0.4) is 0 Å². The van der Waals surface area contributed by atoms with Crippen molar-refractivity contribution in [2.45, 2.75) is 125 Å². The van der Waals surface area contributed by atoms with Gasteiger partial charge in [0.15, 0.2) is 31.1 Å². The van der Waals surface area contributed by atoms with Gasteiger partial charge in [-0.15, -0.1) is 0 Å². The Hall–Kier alpha value is -10.8. The average molecular weight is 1480 g/mol. The second-order valence-electron chi connectivity index (χ2n) is 26.2. The molecule has 4 aliphatic rings. The quantitative estimate of drug-likeness (QED) is 0.0301. The first kappa shape index (κ1) is 75.1. The highest BCUT2D eigenvalue weighted by atomic mass is 16.8. The minimum atomic E-state index is -1.76. The summed E-state index contributed by atoms with van der Waals surface area (Å²) >= 11 is 0. The number of fused-ring (bicyclic) bond motifs is 1. The van der Waals surface area contributed by atoms with E-state index < -0.39 is 135 Å². The number of ether oxygens (including phenoxy) is 17. The Bertz CT molecular complexity index is 4450. The van der Waals surface area contributed by atoms with Gasteiger partial charge < -0.3 is 80.5 Å². The summed E-state index contributed by atoms with van der Waals surface area (Å²) in [6, 6.07) is 87.4. The van der Waals surface area contributed by atoms with Crippen LogP contribution in [-0.2, 0) is 97.5 Å². The molecule has 0 aliphatic carbocycles. The number of hydrogen-bond donors (Lipinski definition) is 0. The third kappa shape index (κ3) is 19.6. The zero-order valence-electron chi connectivity index (χ0n) is 59.6. The average Bonchev–Trinajstić information content (AvgIpc) is 0.758. The van der Waals surface area contributed by atoms with Crippen molar-refractivity contribution in [3.63, 3.8) is 0 Å². The lowest BCUT2D eigenvalue weighted by molar-refractivity contribution is -0.403. The maximum Gasteiger partial charge on any atom is 0.338 e. The van der Waals surface area contributed by atoms with Gasteiger partial charge in [-0.05, 0) is 95.1 Å². The molecule has 560 valence electrons. The fourth-order valence-corrected chi connectivity index (χ4v) is 13.3. The number of esters is 4. The number of methoxy groups -OCH3 is 1. The van der Waals surface area contributed by atoms with Gasteiger partial charge in [0.1, 0.15) is 85.8 Å². The second-order valence-corrected chi connectivity index (χ2v) is 26.2. The van der Waals surface area contributed by atoms with E-state index in [2.05, 4.69) is 0 Å². The van der Waals surface area contributed by atoms with Crippen LogP contribution >= 0.6 is 0 Å². The van der Waals surface area contributed by atoms with Crippen LogP contribution in [0.25, 0.3) is 0 Å². The number of hydrogen-bond acceptors (Lipinski definition) is 21. The molecule has 4 heterocycles. The van der Waals surface area contributed by atoms with E-state index in [4.69, 9.17) is 80.5 Å². The molecule has 1 unspecified atom stereocenters. The summed E-state index contributed by atoms with van der Waals surface area (Å²) in [5, 5.41) is 0. The monoisotopic (exact) mass is 1470 g/mol. The van der Waals surface area contributed by atoms with Gasteiger partial charge in [-0.25, -0.2) is 19.2 Å². The summed E-state index contributed by atoms with van der Waals surface area (Å²) in [7, 11) is 1.52. The normalized spacial score (nSPS) is 25.1. The van der Waals surface area contributed by atoms with E-state index in [1.165, 1.54) is 7.11 Å². The smallest absolute Gasteiger partial charge is 0.338 e. The van der Waals surface area contributed by atoms with E-state index in [1.54, 1.807) is 146 Å². The molecular formula is C88H82O21. The van der Waals surface area contributed by atoms with E-state index in [9.17, 15) is 9.59 Å². The number of carbonyl (C=O) groups excluding carboxylic acids is 4. The molecule has 4 saturated heterocycles. The summed E-state index contributed by atoms with van der Waals surface area (Å²) in [6.07, 6.45) is -21.8. The first-order valence-corrected chi connectivity index (χ1v) is 36.1. The molecule has 10 aromatic rings. The van der Waals surface area contributed by atoms with Crippen LogP contribution in [0, 0.1) is 0 Å². The maximum atomic E-state index is 15.1. The summed E-state index contributed by atoms with van der Waals surface area (Å²) in [5.41, 5.74) is 4.57. The number of rotatable bonds is 30. The third-order valence-corrected chi connectivity index (χ3v) is 18.9. The fourth-order valence-electron chi connectivity index (χ4n) is 13.3. The Morgan fingerprint density at radius 3 is 1.15 bits per heavy atom. The Morgan fingerprint density at radius 2 is 0.688 bits per heavy atom. The molecule has 0 bridgehead atoms. The standard InChI is InChI=1S/C88H82O21/c1-93-67-47-49-68(50-48-67)101-88-80(106-84(92)65-43-25-9-26-44-65)77(74(105-83(91)64-41-23-8-24-42-64)70(104-88)56-99-82(90)63-39-21-7-22-40-63)109-87-79(97-54-61-35-17-5-18-36-61)76(95-52-59-31-13-3-14-32-59)73(69(102-87)55-98-81(89)62-37-19-6-20-38-62)108-86-78(96-53-60-33-15-4-16-34-60)75(94-51-58-29-11-2-12-30-58)72-71(103-86)57-100-85(107-72)66-45-27-10-28-46-66/h2-50,69-80,85-88H,51-57H2,1H3/t69-,70-,71-,72-,73-,74+,75+,76+,77+,78+,79+,80-,85?,86+,87+,88-/m1/s1. The van der Waals surface area contributed by atoms with Crippen molar-refractivity contribution in [3.8, 4) is 11.5 Å². The van der Waals surface area contributed by atoms with Gasteiger partial charge in [-0.3, -0.25) is 0 Å². The largest absolute Gasteiger partial charge is 0.497 e. The predicted octanol–water partition coefficient (Wildman–Crippen LogP) is 13.6. The molecule has 0 amide bonds. The van der Waals surface area contributed by atoms with Gasteiger partial charge in [0.25, 0.3) is 0 Å². The predicted molar refractivity (Wildman–Crippen MR) is 394 cm³/mol. The summed E-state index contributed by atoms with van der Waals surface area (Å²) < 4.78 is 117. The molecule has 0 aromatic heterocycles. The molecule has 21 nitrogen and oxygen atoms in total. The minimum Gasteiger partial charge on any atom is -0.497 e. The number of carbonyl (C=O) groups is 4. The topological polar surface area (TPSA) is 225 Å². The molecule has 14 rings (SSSR count). The molecule has 10 aromatic carbocycles. The van der Waals surface area contributed by atoms with Gasteiger partial charge in [0.05, 0.1) is 62.4 Å². The molecule has 4 aliphatic heterocycles. The zero-order valence-corrected chi connectivity index (χ0v) is 59.6. The van der Waals surface area contributed by atoms with Crippen molar-refractivity contribution >= 4 is 23.9 Å². The van der Waals surface area contributed by atoms with Crippen LogP contribution in [-0.4, -0.2) is 143 Å². The molecule has 0 spiro atoms. The van der Waals surface area contributed by atoms with E-state index >= 15 is 9.59 Å². The lowest BCUT2D eigenvalue weighted by atomic mass is 9.94. The van der Waals surface area contributed by atoms with E-state index in [1.807, 2.05) is 152 Å². The van der Waals surface area contributed by atoms with Crippen molar-refractivity contribution in [2.75, 3.05) is 26.9 Å². The van der Waals surface area contributed by atoms with Crippen molar-refractivity contribution in [2.24, 2.45) is 0 Å². The highest BCUT2D eigenvalue weighted by molar-refractivity contribution is 5.91. The molecule has 0 radical (unpaired) electrons. The SMILES string of the molecule is COc1ccc(O[C@@H]2O[C@H](COC(=O)c3ccccc3)[C@H](OC(=O)c3ccccc3)[C@H](O[C@@H]3O[C@H](COC(=O)c4ccccc4)[C@@H](O[C@@H]4O[C@@H]5COC(c6ccccc6)O[C@H]5[C@H](OCc5ccccc5)[C@@H]4OCc4ccccc4)[C@H](OCc4ccccc4)[C@@H]3OCc3ccccc3)[C@H]2OC(=O)c2ccccc2)cc1. The van der Waals surface area contributed by atoms with Gasteiger partial charge >= 0.3 is 23.9 Å². The zero-order chi connectivity index (χ0) is 74.5. The summed E-state index contributed by atoms with van der Waals surface area (Å²) in [4.78, 5) is 58.9. The van der Waals surface area contributed by atoms with Gasteiger partial charge in [-0.1, -0.05) is 224 Å². The van der Waals surface area contributed by atoms with Gasteiger partial charge in [-0.2, -0.15) is 0 Å². The summed E-state index contributed by atoms with van der Waals surface area (Å²) in [6.45, 7) is -1.19. The Labute approximate surface area is 631 Å². The highest BCUT2D eigenvalue weighted by Gasteiger charge is 2.60. The van der Waals surface area contributed by atoms with Gasteiger partial charge in [0, 0.05) is 5.56 Å². The van der Waals surface area contributed by atoms with Crippen LogP contribution in [0.1, 0.15) is 75.5 Å². The molecule has 16 atom stereocenters. The fraction of sp³-hybridized carbons (Fsp3) is 0.273. The first-order valence-electron chi connectivity index (χ1n) is 36.1. The lowest BCUT2D eigenvalue weighted by Gasteiger charge is -2.52. The Balaban J connectivity index is 0.922. The van der Waals surface area contributed by atoms with E-state index in [0.717, 1.165) is 22.3 Å². The molecular weight excluding hydrogens is 1390 g/mol. The lowest BCUT2D eigenvalue weighted by Crippen LogP contribution is -2.69. The highest BCUT2D eigenvalue weighted by Crippen LogP contribution is 2.42. The minimum absolute atomic E-state index is 0.0133. The van der Waals surface area contributed by atoms with Crippen molar-refractivity contribution in [1.29, 1.82) is 0 Å². The Morgan fingerprint density at radius 1 is 0.330 bits per heavy atom. The van der Waals surface area contributed by atoms with Crippen molar-refractivity contribution in [3.05, 3.63) is 347 Å². The van der Waals surface area contributed by atoms with Crippen LogP contribution < -0.4 is 9.47 Å². The third-order valence-electron chi connectivity index (χ3n) is 18.9. The molecule has 0 N–H and O–H groups in total. The molecule has 4 fully saturated rings. The second kappa shape index (κ2) is 37.4.